The highest BCUT2D eigenvalue weighted by Crippen LogP contribution is 2.34. The van der Waals surface area contributed by atoms with Crippen molar-refractivity contribution in [1.82, 2.24) is 10.2 Å². The summed E-state index contributed by atoms with van der Waals surface area (Å²) < 4.78 is 0. The number of hydrogen-bond donors (Lipinski definition) is 2. The molecule has 0 aliphatic carbocycles. The molecule has 1 atom stereocenters. The van der Waals surface area contributed by atoms with E-state index in [1.807, 2.05) is 55.5 Å². The third-order valence-corrected chi connectivity index (χ3v) is 5.62. The van der Waals surface area contributed by atoms with Gasteiger partial charge in [-0.15, -0.1) is 0 Å². The molecule has 3 aromatic carbocycles. The minimum absolute atomic E-state index is 0.390. The van der Waals surface area contributed by atoms with E-state index in [2.05, 4.69) is 10.6 Å². The molecule has 1 unspecified atom stereocenters. The van der Waals surface area contributed by atoms with E-state index in [0.717, 1.165) is 21.2 Å². The van der Waals surface area contributed by atoms with Crippen molar-refractivity contribution in [2.75, 3.05) is 11.9 Å². The van der Waals surface area contributed by atoms with Crippen LogP contribution >= 0.6 is 11.6 Å². The monoisotopic (exact) mass is 421 g/mol. The molecule has 4 rings (SSSR count). The van der Waals surface area contributed by atoms with E-state index in [1.165, 1.54) is 0 Å². The van der Waals surface area contributed by atoms with Gasteiger partial charge in [0.1, 0.15) is 12.1 Å². The van der Waals surface area contributed by atoms with E-state index >= 15 is 0 Å². The van der Waals surface area contributed by atoms with Gasteiger partial charge in [0, 0.05) is 0 Å². The van der Waals surface area contributed by atoms with Gasteiger partial charge in [-0.25, -0.2) is 4.79 Å². The highest BCUT2D eigenvalue weighted by atomic mass is 35.5. The van der Waals surface area contributed by atoms with E-state index in [4.69, 9.17) is 11.6 Å². The summed E-state index contributed by atoms with van der Waals surface area (Å²) in [4.78, 5) is 39.3. The number of nitrogens with zero attached hydrogens (tertiary/aromatic N) is 1. The second kappa shape index (κ2) is 7.46. The molecule has 0 saturated carbocycles. The minimum atomic E-state index is -1.26. The lowest BCUT2D eigenvalue weighted by molar-refractivity contribution is -0.133. The Morgan fingerprint density at radius 3 is 2.60 bits per heavy atom. The molecular formula is C23H20ClN3O3. The normalized spacial score (nSPS) is 18.6. The maximum Gasteiger partial charge on any atom is 0.325 e. The summed E-state index contributed by atoms with van der Waals surface area (Å²) in [6.45, 7) is 3.14. The van der Waals surface area contributed by atoms with Gasteiger partial charge in [0.15, 0.2) is 0 Å². The number of anilines is 1. The lowest BCUT2D eigenvalue weighted by Crippen LogP contribution is -2.42. The molecule has 4 amide bonds. The first-order chi connectivity index (χ1) is 14.3. The Kier molecular flexibility index (Phi) is 4.95. The number of amides is 4. The minimum Gasteiger partial charge on any atom is -0.323 e. The van der Waals surface area contributed by atoms with Crippen molar-refractivity contribution >= 4 is 45.9 Å². The number of nitrogens with one attached hydrogen (secondary N) is 2. The summed E-state index contributed by atoms with van der Waals surface area (Å²) in [5, 5.41) is 7.64. The Balaban J connectivity index is 1.58. The van der Waals surface area contributed by atoms with Crippen LogP contribution in [0.5, 0.6) is 0 Å². The average molecular weight is 422 g/mol. The predicted molar refractivity (Wildman–Crippen MR) is 116 cm³/mol. The second-order valence-corrected chi connectivity index (χ2v) is 7.91. The Morgan fingerprint density at radius 1 is 1.10 bits per heavy atom. The quantitative estimate of drug-likeness (QED) is 0.619. The Morgan fingerprint density at radius 2 is 1.83 bits per heavy atom. The molecule has 0 radical (unpaired) electrons. The maximum atomic E-state index is 13.2. The van der Waals surface area contributed by atoms with Gasteiger partial charge < -0.3 is 10.6 Å². The number of benzene rings is 3. The van der Waals surface area contributed by atoms with E-state index in [9.17, 15) is 14.4 Å². The van der Waals surface area contributed by atoms with Crippen LogP contribution in [0.2, 0.25) is 5.02 Å². The van der Waals surface area contributed by atoms with Gasteiger partial charge in [-0.1, -0.05) is 60.1 Å². The number of hydrogen-bond acceptors (Lipinski definition) is 3. The van der Waals surface area contributed by atoms with Crippen molar-refractivity contribution in [2.24, 2.45) is 0 Å². The average Bonchev–Trinajstić information content (AvgIpc) is 2.93. The Labute approximate surface area is 178 Å². The maximum absolute atomic E-state index is 13.2. The summed E-state index contributed by atoms with van der Waals surface area (Å²) in [6.07, 6.45) is 0. The van der Waals surface area contributed by atoms with Gasteiger partial charge >= 0.3 is 6.03 Å². The third-order valence-electron chi connectivity index (χ3n) is 5.30. The zero-order valence-corrected chi connectivity index (χ0v) is 17.3. The molecule has 3 aromatic rings. The molecule has 1 heterocycles. The molecule has 1 saturated heterocycles. The van der Waals surface area contributed by atoms with Crippen LogP contribution in [0.25, 0.3) is 10.8 Å². The first-order valence-corrected chi connectivity index (χ1v) is 9.86. The molecule has 7 heteroatoms. The summed E-state index contributed by atoms with van der Waals surface area (Å²) >= 11 is 6.15. The fourth-order valence-corrected chi connectivity index (χ4v) is 4.02. The third kappa shape index (κ3) is 3.39. The van der Waals surface area contributed by atoms with Gasteiger partial charge in [-0.05, 0) is 47.9 Å². The summed E-state index contributed by atoms with van der Waals surface area (Å²) in [6, 6.07) is 17.9. The molecular weight excluding hydrogens is 402 g/mol. The van der Waals surface area contributed by atoms with Crippen LogP contribution in [-0.2, 0) is 15.1 Å². The smallest absolute Gasteiger partial charge is 0.323 e. The molecule has 30 heavy (non-hydrogen) atoms. The highest BCUT2D eigenvalue weighted by Gasteiger charge is 2.50. The number of fused-ring (bicyclic) bond motifs is 1. The number of halogens is 1. The fourth-order valence-electron chi connectivity index (χ4n) is 3.74. The van der Waals surface area contributed by atoms with Crippen molar-refractivity contribution < 1.29 is 14.4 Å². The number of carbonyl (C=O) groups excluding carboxylic acids is 3. The standard InChI is InChI=1S/C23H20ClN3O3/c1-14-10-11-19(18(24)12-14)25-20(28)13-27-21(29)23(2,26-22(27)30)17-9-5-7-15-6-3-4-8-16(15)17/h3-12H,13H2,1-2H3,(H,25,28)(H,26,30). The topological polar surface area (TPSA) is 78.5 Å². The summed E-state index contributed by atoms with van der Waals surface area (Å²) in [5.41, 5.74) is 0.803. The van der Waals surface area contributed by atoms with Crippen LogP contribution < -0.4 is 10.6 Å². The van der Waals surface area contributed by atoms with Crippen molar-refractivity contribution in [1.29, 1.82) is 0 Å². The molecule has 1 aliphatic heterocycles. The van der Waals surface area contributed by atoms with Gasteiger partial charge in [-0.2, -0.15) is 0 Å². The van der Waals surface area contributed by atoms with Gasteiger partial charge in [0.05, 0.1) is 10.7 Å². The molecule has 0 aromatic heterocycles. The van der Waals surface area contributed by atoms with Crippen LogP contribution in [0, 0.1) is 6.92 Å². The lowest BCUT2D eigenvalue weighted by atomic mass is 9.88. The van der Waals surface area contributed by atoms with Crippen LogP contribution in [0.15, 0.2) is 60.7 Å². The number of urea groups is 1. The van der Waals surface area contributed by atoms with Crippen molar-refractivity contribution in [3.8, 4) is 0 Å². The number of carbonyl (C=O) groups is 3. The van der Waals surface area contributed by atoms with Crippen LogP contribution in [0.4, 0.5) is 10.5 Å². The van der Waals surface area contributed by atoms with E-state index in [0.29, 0.717) is 16.3 Å². The van der Waals surface area contributed by atoms with Crippen molar-refractivity contribution in [3.05, 3.63) is 76.8 Å². The first-order valence-electron chi connectivity index (χ1n) is 9.48. The second-order valence-electron chi connectivity index (χ2n) is 7.50. The molecule has 0 bridgehead atoms. The van der Waals surface area contributed by atoms with Gasteiger partial charge in [0.25, 0.3) is 5.91 Å². The van der Waals surface area contributed by atoms with Crippen LogP contribution in [0.3, 0.4) is 0 Å². The molecule has 2 N–H and O–H groups in total. The SMILES string of the molecule is Cc1ccc(NC(=O)CN2C(=O)NC(C)(c3cccc4ccccc34)C2=O)c(Cl)c1. The van der Waals surface area contributed by atoms with Crippen molar-refractivity contribution in [3.63, 3.8) is 0 Å². The highest BCUT2D eigenvalue weighted by molar-refractivity contribution is 6.33. The van der Waals surface area contributed by atoms with Gasteiger partial charge in [0.2, 0.25) is 5.91 Å². The molecule has 1 fully saturated rings. The Bertz CT molecular complexity index is 1190. The van der Waals surface area contributed by atoms with Crippen molar-refractivity contribution in [2.45, 2.75) is 19.4 Å². The molecule has 152 valence electrons. The van der Waals surface area contributed by atoms with Crippen LogP contribution in [0.1, 0.15) is 18.1 Å². The van der Waals surface area contributed by atoms with E-state index in [1.54, 1.807) is 19.1 Å². The number of aryl methyl sites for hydroxylation is 1. The number of imide groups is 1. The van der Waals surface area contributed by atoms with Crippen LogP contribution in [-0.4, -0.2) is 29.3 Å². The largest absolute Gasteiger partial charge is 0.325 e. The fraction of sp³-hybridized carbons (Fsp3) is 0.174. The van der Waals surface area contributed by atoms with Gasteiger partial charge in [-0.3, -0.25) is 14.5 Å². The molecule has 1 aliphatic rings. The predicted octanol–water partition coefficient (Wildman–Crippen LogP) is 4.21. The summed E-state index contributed by atoms with van der Waals surface area (Å²) in [7, 11) is 0. The Hall–Kier alpha value is -3.38. The number of rotatable bonds is 4. The molecule has 6 nitrogen and oxygen atoms in total. The molecule has 0 spiro atoms. The van der Waals surface area contributed by atoms with E-state index in [-0.39, 0.29) is 0 Å². The first kappa shape index (κ1) is 19.9. The zero-order valence-electron chi connectivity index (χ0n) is 16.5. The van der Waals surface area contributed by atoms with E-state index < -0.39 is 29.9 Å². The lowest BCUT2D eigenvalue weighted by Gasteiger charge is -2.24. The zero-order chi connectivity index (χ0) is 21.5. The summed E-state index contributed by atoms with van der Waals surface area (Å²) in [5.74, 6) is -0.986.